The Bertz CT molecular complexity index is 877. The molecule has 3 N–H and O–H groups in total. The molecule has 1 aromatic carbocycles. The number of carbonyl (C=O) groups is 3. The van der Waals surface area contributed by atoms with Crippen LogP contribution in [0.1, 0.15) is 70.7 Å². The molecule has 1 aromatic rings. The molecular weight excluding hydrogens is 466 g/mol. The number of ether oxygens (including phenoxy) is 1. The molecule has 0 spiro atoms. The fourth-order valence-electron chi connectivity index (χ4n) is 3.46. The summed E-state index contributed by atoms with van der Waals surface area (Å²) in [5, 5.41) is 15.5. The molecule has 0 aromatic heterocycles. The number of carbonyl (C=O) groups excluding carboxylic acids is 3. The van der Waals surface area contributed by atoms with Crippen molar-refractivity contribution in [3.63, 3.8) is 0 Å². The van der Waals surface area contributed by atoms with E-state index in [0.29, 0.717) is 17.7 Å². The number of rotatable bonds is 10. The van der Waals surface area contributed by atoms with Crippen LogP contribution in [0.3, 0.4) is 0 Å². The average Bonchev–Trinajstić information content (AvgIpc) is 2.70. The molecule has 9 heteroatoms. The summed E-state index contributed by atoms with van der Waals surface area (Å²) in [6.07, 6.45) is 1.56. The maximum absolute atomic E-state index is 13.8. The van der Waals surface area contributed by atoms with Gasteiger partial charge in [0.05, 0.1) is 6.61 Å². The number of benzene rings is 1. The van der Waals surface area contributed by atoms with Gasteiger partial charge in [-0.2, -0.15) is 11.8 Å². The first-order chi connectivity index (χ1) is 16.1. The molecule has 0 saturated carbocycles. The Morgan fingerprint density at radius 2 is 1.71 bits per heavy atom. The van der Waals surface area contributed by atoms with Crippen molar-refractivity contribution in [1.29, 1.82) is 0 Å². The van der Waals surface area contributed by atoms with E-state index in [-0.39, 0.29) is 19.1 Å². The Morgan fingerprint density at radius 1 is 1.09 bits per heavy atom. The van der Waals surface area contributed by atoms with Crippen LogP contribution in [0.25, 0.3) is 0 Å². The molecule has 198 valence electrons. The van der Waals surface area contributed by atoms with Gasteiger partial charge in [-0.05, 0) is 90.5 Å². The Hall–Kier alpha value is -2.26. The Kier molecular flexibility index (Phi) is 11.6. The van der Waals surface area contributed by atoms with E-state index in [1.807, 2.05) is 59.1 Å². The number of aliphatic hydroxyl groups excluding tert-OH is 1. The summed E-state index contributed by atoms with van der Waals surface area (Å²) < 4.78 is 5.37. The van der Waals surface area contributed by atoms with E-state index >= 15 is 0 Å². The highest BCUT2D eigenvalue weighted by Crippen LogP contribution is 2.26. The molecule has 8 nitrogen and oxygen atoms in total. The summed E-state index contributed by atoms with van der Waals surface area (Å²) in [6, 6.07) is 3.72. The zero-order valence-corrected chi connectivity index (χ0v) is 23.5. The van der Waals surface area contributed by atoms with Crippen molar-refractivity contribution < 1.29 is 24.2 Å². The first kappa shape index (κ1) is 30.8. The Labute approximate surface area is 214 Å². The van der Waals surface area contributed by atoms with E-state index in [0.717, 1.165) is 11.1 Å². The zero-order valence-electron chi connectivity index (χ0n) is 22.7. The number of alkyl carbamates (subject to hydrolysis) is 1. The predicted molar refractivity (Wildman–Crippen MR) is 142 cm³/mol. The normalized spacial score (nSPS) is 13.5. The first-order valence-electron chi connectivity index (χ1n) is 11.9. The van der Waals surface area contributed by atoms with Gasteiger partial charge in [-0.15, -0.1) is 0 Å². The molecule has 1 rings (SSSR count). The maximum atomic E-state index is 13.8. The first-order valence-corrected chi connectivity index (χ1v) is 13.3. The molecule has 0 radical (unpaired) electrons. The largest absolute Gasteiger partial charge is 0.444 e. The van der Waals surface area contributed by atoms with Gasteiger partial charge in [0.2, 0.25) is 11.8 Å². The van der Waals surface area contributed by atoms with Crippen LogP contribution < -0.4 is 10.6 Å². The molecule has 0 fully saturated rings. The van der Waals surface area contributed by atoms with Gasteiger partial charge in [-0.25, -0.2) is 4.79 Å². The molecule has 0 aliphatic rings. The molecule has 3 amide bonds. The SMILES string of the molecule is CSCCC(NC(=O)OC(C)(C)C)C(=O)N(CCO)C(C(=O)NC(C)(C)C)c1ccc(C)c(C)c1. The molecule has 0 heterocycles. The second-order valence-electron chi connectivity index (χ2n) is 10.7. The lowest BCUT2D eigenvalue weighted by Gasteiger charge is -2.36. The number of nitrogens with zero attached hydrogens (tertiary/aromatic N) is 1. The van der Waals surface area contributed by atoms with Crippen LogP contribution in [-0.2, 0) is 14.3 Å². The molecule has 2 atom stereocenters. The van der Waals surface area contributed by atoms with Crippen LogP contribution in [0.2, 0.25) is 0 Å². The Morgan fingerprint density at radius 3 is 2.20 bits per heavy atom. The van der Waals surface area contributed by atoms with Crippen molar-refractivity contribution in [2.45, 2.75) is 85.0 Å². The fourth-order valence-corrected chi connectivity index (χ4v) is 3.93. The van der Waals surface area contributed by atoms with Gasteiger partial charge in [-0.3, -0.25) is 9.59 Å². The van der Waals surface area contributed by atoms with Crippen molar-refractivity contribution in [2.24, 2.45) is 0 Å². The van der Waals surface area contributed by atoms with Crippen LogP contribution in [0.4, 0.5) is 4.79 Å². The minimum absolute atomic E-state index is 0.0697. The average molecular weight is 510 g/mol. The van der Waals surface area contributed by atoms with Crippen molar-refractivity contribution in [3.05, 3.63) is 34.9 Å². The third kappa shape index (κ3) is 10.5. The Balaban J connectivity index is 3.47. The summed E-state index contributed by atoms with van der Waals surface area (Å²) in [6.45, 7) is 14.4. The molecule has 35 heavy (non-hydrogen) atoms. The number of thioether (sulfide) groups is 1. The van der Waals surface area contributed by atoms with Gasteiger partial charge in [0.1, 0.15) is 17.7 Å². The number of aliphatic hydroxyl groups is 1. The van der Waals surface area contributed by atoms with Gasteiger partial charge in [-0.1, -0.05) is 18.2 Å². The number of hydrogen-bond acceptors (Lipinski definition) is 6. The topological polar surface area (TPSA) is 108 Å². The van der Waals surface area contributed by atoms with Gasteiger partial charge in [0.15, 0.2) is 0 Å². The van der Waals surface area contributed by atoms with Crippen LogP contribution in [0.5, 0.6) is 0 Å². The number of hydrogen-bond donors (Lipinski definition) is 3. The second-order valence-corrected chi connectivity index (χ2v) is 11.7. The second kappa shape index (κ2) is 13.2. The highest BCUT2D eigenvalue weighted by Gasteiger charge is 2.37. The van der Waals surface area contributed by atoms with E-state index in [1.54, 1.807) is 32.5 Å². The van der Waals surface area contributed by atoms with Crippen molar-refractivity contribution in [3.8, 4) is 0 Å². The predicted octanol–water partition coefficient (Wildman–Crippen LogP) is 3.73. The van der Waals surface area contributed by atoms with Crippen LogP contribution in [0, 0.1) is 13.8 Å². The lowest BCUT2D eigenvalue weighted by atomic mass is 9.97. The summed E-state index contributed by atoms with van der Waals surface area (Å²) in [7, 11) is 0. The minimum Gasteiger partial charge on any atom is -0.444 e. The summed E-state index contributed by atoms with van der Waals surface area (Å²) in [5.41, 5.74) is 1.43. The monoisotopic (exact) mass is 509 g/mol. The van der Waals surface area contributed by atoms with Crippen molar-refractivity contribution in [1.82, 2.24) is 15.5 Å². The smallest absolute Gasteiger partial charge is 0.408 e. The highest BCUT2D eigenvalue weighted by molar-refractivity contribution is 7.98. The molecular formula is C26H43N3O5S. The quantitative estimate of drug-likeness (QED) is 0.444. The van der Waals surface area contributed by atoms with E-state index in [2.05, 4.69) is 10.6 Å². The lowest BCUT2D eigenvalue weighted by molar-refractivity contribution is -0.143. The molecule has 0 bridgehead atoms. The van der Waals surface area contributed by atoms with Crippen LogP contribution in [0.15, 0.2) is 18.2 Å². The maximum Gasteiger partial charge on any atom is 0.408 e. The van der Waals surface area contributed by atoms with Gasteiger partial charge in [0.25, 0.3) is 0 Å². The lowest BCUT2D eigenvalue weighted by Crippen LogP contribution is -2.55. The van der Waals surface area contributed by atoms with Crippen molar-refractivity contribution >= 4 is 29.7 Å². The van der Waals surface area contributed by atoms with E-state index in [1.165, 1.54) is 4.90 Å². The third-order valence-electron chi connectivity index (χ3n) is 5.13. The molecule has 0 aliphatic carbocycles. The number of amides is 3. The molecule has 2 unspecified atom stereocenters. The standard InChI is InChI=1S/C26H43N3O5S/c1-17-10-11-19(16-18(17)2)21(22(31)28-25(3,4)5)29(13-14-30)23(32)20(12-15-35-9)27-24(33)34-26(6,7)8/h10-11,16,20-21,30H,12-15H2,1-9H3,(H,27,33)(H,28,31). The number of nitrogens with one attached hydrogen (secondary N) is 2. The summed E-state index contributed by atoms with van der Waals surface area (Å²) >= 11 is 1.54. The van der Waals surface area contributed by atoms with E-state index in [9.17, 15) is 19.5 Å². The van der Waals surface area contributed by atoms with E-state index < -0.39 is 35.2 Å². The third-order valence-corrected chi connectivity index (χ3v) is 5.77. The van der Waals surface area contributed by atoms with Crippen molar-refractivity contribution in [2.75, 3.05) is 25.2 Å². The zero-order chi connectivity index (χ0) is 27.0. The fraction of sp³-hybridized carbons (Fsp3) is 0.654. The van der Waals surface area contributed by atoms with Gasteiger partial charge >= 0.3 is 6.09 Å². The molecule has 0 aliphatic heterocycles. The highest BCUT2D eigenvalue weighted by atomic mass is 32.2. The van der Waals surface area contributed by atoms with Crippen LogP contribution in [-0.4, -0.2) is 70.3 Å². The summed E-state index contributed by atoms with van der Waals surface area (Å²) in [5.74, 6) is -0.198. The van der Waals surface area contributed by atoms with Gasteiger partial charge < -0.3 is 25.4 Å². The van der Waals surface area contributed by atoms with Crippen LogP contribution >= 0.6 is 11.8 Å². The summed E-state index contributed by atoms with van der Waals surface area (Å²) in [4.78, 5) is 41.2. The number of aryl methyl sites for hydroxylation is 2. The van der Waals surface area contributed by atoms with E-state index in [4.69, 9.17) is 4.74 Å². The van der Waals surface area contributed by atoms with Gasteiger partial charge in [0, 0.05) is 12.1 Å². The molecule has 0 saturated heterocycles. The minimum atomic E-state index is -0.981.